The lowest BCUT2D eigenvalue weighted by Gasteiger charge is -2.09. The van der Waals surface area contributed by atoms with E-state index in [1.54, 1.807) is 0 Å². The van der Waals surface area contributed by atoms with Gasteiger partial charge in [0.15, 0.2) is 0 Å². The van der Waals surface area contributed by atoms with Gasteiger partial charge in [0.2, 0.25) is 0 Å². The fourth-order valence-electron chi connectivity index (χ4n) is 3.66. The summed E-state index contributed by atoms with van der Waals surface area (Å²) >= 11 is 0. The van der Waals surface area contributed by atoms with E-state index in [0.717, 1.165) is 24.3 Å². The first-order valence-corrected chi connectivity index (χ1v) is 11.3. The van der Waals surface area contributed by atoms with Crippen molar-refractivity contribution in [1.82, 2.24) is 0 Å². The summed E-state index contributed by atoms with van der Waals surface area (Å²) in [7, 11) is 0. The monoisotopic (exact) mass is 566 g/mol. The lowest BCUT2D eigenvalue weighted by atomic mass is 10.0. The van der Waals surface area contributed by atoms with E-state index in [-0.39, 0.29) is 17.5 Å². The van der Waals surface area contributed by atoms with Gasteiger partial charge in [-0.1, -0.05) is 12.1 Å². The first kappa shape index (κ1) is 28.4. The largest absolute Gasteiger partial charge is 0.423 e. The van der Waals surface area contributed by atoms with Gasteiger partial charge in [0, 0.05) is 24.3 Å². The zero-order chi connectivity index (χ0) is 29.8. The van der Waals surface area contributed by atoms with Gasteiger partial charge in [-0.15, -0.1) is 0 Å². The minimum Gasteiger partial charge on any atom is -0.423 e. The van der Waals surface area contributed by atoms with Crippen LogP contribution in [0.1, 0.15) is 43.0 Å². The first-order valence-electron chi connectivity index (χ1n) is 11.3. The average Bonchev–Trinajstić information content (AvgIpc) is 2.88. The Bertz CT molecular complexity index is 1630. The molecule has 0 aliphatic rings. The number of nitrogens with zero attached hydrogens (tertiary/aromatic N) is 2. The van der Waals surface area contributed by atoms with Crippen molar-refractivity contribution < 1.29 is 45.4 Å². The topological polar surface area (TPSA) is 100 Å². The Labute approximate surface area is 227 Å². The Hall–Kier alpha value is -5.62. The zero-order valence-electron chi connectivity index (χ0n) is 20.3. The number of carbonyl (C=O) groups excluding carboxylic acids is 2. The molecule has 4 rings (SSSR count). The van der Waals surface area contributed by atoms with E-state index < -0.39 is 80.6 Å². The van der Waals surface area contributed by atoms with Crippen LogP contribution in [0.4, 0.5) is 26.3 Å². The van der Waals surface area contributed by atoms with E-state index in [1.807, 2.05) is 0 Å². The summed E-state index contributed by atoms with van der Waals surface area (Å²) in [5, 5.41) is 17.4. The van der Waals surface area contributed by atoms with Gasteiger partial charge in [-0.3, -0.25) is 0 Å². The van der Waals surface area contributed by atoms with E-state index in [2.05, 4.69) is 0 Å². The van der Waals surface area contributed by atoms with Crippen LogP contribution in [0.2, 0.25) is 0 Å². The fourth-order valence-corrected chi connectivity index (χ4v) is 3.66. The summed E-state index contributed by atoms with van der Waals surface area (Å²) in [5.74, 6) is -10.9. The molecule has 12 heteroatoms. The molecule has 0 saturated heterocycles. The molecule has 0 aliphatic carbocycles. The molecule has 0 aliphatic heterocycles. The minimum atomic E-state index is -1.27. The number of hydrogen-bond donors (Lipinski definition) is 0. The molecule has 0 heterocycles. The molecular formula is C29H12F6N2O4. The van der Waals surface area contributed by atoms with Gasteiger partial charge >= 0.3 is 11.9 Å². The second-order valence-corrected chi connectivity index (χ2v) is 8.33. The molecule has 0 amide bonds. The zero-order valence-corrected chi connectivity index (χ0v) is 20.3. The van der Waals surface area contributed by atoms with Crippen molar-refractivity contribution in [1.29, 1.82) is 10.5 Å². The summed E-state index contributed by atoms with van der Waals surface area (Å²) in [5.41, 5.74) is -2.35. The van der Waals surface area contributed by atoms with E-state index in [4.69, 9.17) is 20.0 Å². The summed E-state index contributed by atoms with van der Waals surface area (Å²) in [4.78, 5) is 24.6. The number of nitriles is 2. The highest BCUT2D eigenvalue weighted by atomic mass is 19.2. The predicted molar refractivity (Wildman–Crippen MR) is 128 cm³/mol. The van der Waals surface area contributed by atoms with Crippen molar-refractivity contribution in [3.63, 3.8) is 0 Å². The third-order valence-corrected chi connectivity index (χ3v) is 5.59. The Morgan fingerprint density at radius 1 is 0.561 bits per heavy atom. The maximum Gasteiger partial charge on any atom is 0.346 e. The second kappa shape index (κ2) is 11.6. The lowest BCUT2D eigenvalue weighted by Crippen LogP contribution is -2.12. The molecule has 0 spiro atoms. The van der Waals surface area contributed by atoms with Gasteiger partial charge in [0.05, 0.1) is 11.1 Å². The predicted octanol–water partition coefficient (Wildman–Crippen LogP) is 6.29. The van der Waals surface area contributed by atoms with Crippen molar-refractivity contribution in [2.45, 2.75) is 6.42 Å². The van der Waals surface area contributed by atoms with E-state index >= 15 is 0 Å². The van der Waals surface area contributed by atoms with Crippen LogP contribution >= 0.6 is 0 Å². The van der Waals surface area contributed by atoms with Crippen molar-refractivity contribution in [2.75, 3.05) is 0 Å². The second-order valence-electron chi connectivity index (χ2n) is 8.33. The number of carbonyl (C=O) groups is 2. The van der Waals surface area contributed by atoms with Gasteiger partial charge in [-0.25, -0.2) is 35.9 Å². The molecular weight excluding hydrogens is 554 g/mol. The van der Waals surface area contributed by atoms with Gasteiger partial charge in [-0.05, 0) is 41.8 Å². The van der Waals surface area contributed by atoms with Crippen LogP contribution in [0.15, 0.2) is 60.7 Å². The summed E-state index contributed by atoms with van der Waals surface area (Å²) in [6.45, 7) is 0. The van der Waals surface area contributed by atoms with Crippen molar-refractivity contribution in [2.24, 2.45) is 0 Å². The number of benzene rings is 4. The van der Waals surface area contributed by atoms with Crippen LogP contribution in [0, 0.1) is 57.6 Å². The van der Waals surface area contributed by atoms with Gasteiger partial charge in [0.25, 0.3) is 0 Å². The molecule has 4 aromatic carbocycles. The Morgan fingerprint density at radius 3 is 1.20 bits per heavy atom. The highest BCUT2D eigenvalue weighted by molar-refractivity contribution is 5.92. The van der Waals surface area contributed by atoms with Crippen molar-refractivity contribution in [3.8, 4) is 23.6 Å². The number of hydrogen-bond acceptors (Lipinski definition) is 6. The van der Waals surface area contributed by atoms with E-state index in [0.29, 0.717) is 24.3 Å². The molecule has 0 bridgehead atoms. The van der Waals surface area contributed by atoms with Gasteiger partial charge in [0.1, 0.15) is 69.7 Å². The molecule has 6 nitrogen and oxygen atoms in total. The third-order valence-electron chi connectivity index (χ3n) is 5.59. The smallest absolute Gasteiger partial charge is 0.346 e. The van der Waals surface area contributed by atoms with Crippen molar-refractivity contribution >= 4 is 11.9 Å². The van der Waals surface area contributed by atoms with E-state index in [1.165, 1.54) is 24.3 Å². The summed E-state index contributed by atoms with van der Waals surface area (Å²) in [6, 6.07) is 11.6. The third kappa shape index (κ3) is 6.18. The maximum atomic E-state index is 14.6. The molecule has 0 radical (unpaired) electrons. The molecule has 0 N–H and O–H groups in total. The molecule has 204 valence electrons. The normalized spacial score (nSPS) is 10.4. The minimum absolute atomic E-state index is 0.0589. The first-order chi connectivity index (χ1) is 19.5. The average molecular weight is 566 g/mol. The molecule has 0 fully saturated rings. The van der Waals surface area contributed by atoms with Crippen LogP contribution < -0.4 is 9.47 Å². The molecule has 4 aromatic rings. The number of esters is 2. The Balaban J connectivity index is 1.45. The van der Waals surface area contributed by atoms with Crippen LogP contribution in [0.25, 0.3) is 0 Å². The molecule has 0 atom stereocenters. The SMILES string of the molecule is N#Cc1c(F)cc(OC(=O)c2ccc(Cc3ccc(C(=O)Oc4cc(F)c(C#N)c(F)c4)c(F)c3)cc2F)cc1F. The van der Waals surface area contributed by atoms with Crippen LogP contribution in [-0.2, 0) is 6.42 Å². The number of ether oxygens (including phenoxy) is 2. The Kier molecular flexibility index (Phi) is 8.06. The maximum absolute atomic E-state index is 14.6. The van der Waals surface area contributed by atoms with Crippen LogP contribution in [0.3, 0.4) is 0 Å². The summed E-state index contributed by atoms with van der Waals surface area (Å²) in [6.07, 6.45) is -0.0589. The lowest BCUT2D eigenvalue weighted by molar-refractivity contribution is 0.0719. The fraction of sp³-hybridized carbons (Fsp3) is 0.0345. The number of rotatable bonds is 6. The van der Waals surface area contributed by atoms with Crippen molar-refractivity contribution in [3.05, 3.63) is 129 Å². The van der Waals surface area contributed by atoms with Gasteiger partial charge < -0.3 is 9.47 Å². The van der Waals surface area contributed by atoms with Crippen LogP contribution in [0.5, 0.6) is 11.5 Å². The highest BCUT2D eigenvalue weighted by Gasteiger charge is 2.20. The highest BCUT2D eigenvalue weighted by Crippen LogP contribution is 2.24. The number of halogens is 6. The molecule has 41 heavy (non-hydrogen) atoms. The van der Waals surface area contributed by atoms with E-state index in [9.17, 15) is 35.9 Å². The van der Waals surface area contributed by atoms with Crippen LogP contribution in [-0.4, -0.2) is 11.9 Å². The molecule has 0 aromatic heterocycles. The standard InChI is InChI=1S/C29H12F6N2O4/c30-22-6-14(1-3-18(22)28(38)40-16-8-24(32)20(12-36)25(33)9-16)5-15-2-4-19(23(31)7-15)29(39)41-17-10-26(34)21(13-37)27(35)11-17/h1-4,6-11H,5H2. The quantitative estimate of drug-likeness (QED) is 0.154. The molecule has 0 unspecified atom stereocenters. The summed E-state index contributed by atoms with van der Waals surface area (Å²) < 4.78 is 93.8. The molecule has 0 saturated carbocycles. The van der Waals surface area contributed by atoms with Gasteiger partial charge in [-0.2, -0.15) is 10.5 Å². The Morgan fingerprint density at radius 2 is 0.902 bits per heavy atom.